The minimum Gasteiger partial charge on any atom is -0.478 e. The number of nitrogens with one attached hydrogen (secondary N) is 2. The predicted octanol–water partition coefficient (Wildman–Crippen LogP) is 5.65. The third kappa shape index (κ3) is 6.12. The van der Waals surface area contributed by atoms with E-state index in [4.69, 9.17) is 6.57 Å². The number of benzene rings is 1. The summed E-state index contributed by atoms with van der Waals surface area (Å²) in [6.45, 7) is 13.3. The van der Waals surface area contributed by atoms with Crippen LogP contribution in [-0.4, -0.2) is 43.3 Å². The summed E-state index contributed by atoms with van der Waals surface area (Å²) < 4.78 is 1.39. The molecule has 14 heteroatoms. The smallest absolute Gasteiger partial charge is 0.336 e. The zero-order valence-corrected chi connectivity index (χ0v) is 25.0. The van der Waals surface area contributed by atoms with Crippen LogP contribution in [0.25, 0.3) is 21.7 Å². The van der Waals surface area contributed by atoms with Gasteiger partial charge in [0.05, 0.1) is 22.7 Å². The van der Waals surface area contributed by atoms with Crippen molar-refractivity contribution in [3.63, 3.8) is 0 Å². The van der Waals surface area contributed by atoms with Crippen molar-refractivity contribution in [1.82, 2.24) is 25.1 Å². The van der Waals surface area contributed by atoms with Crippen molar-refractivity contribution < 1.29 is 47.4 Å². The number of carbonyl (C=O) groups is 2. The van der Waals surface area contributed by atoms with Gasteiger partial charge in [-0.2, -0.15) is 15.0 Å². The summed E-state index contributed by atoms with van der Waals surface area (Å²) in [6, 6.07) is 8.48. The molecular weight excluding hydrogens is 595 g/mol. The maximum Gasteiger partial charge on any atom is 0.336 e. The molecular formula is C25H23N9O3SY. The SMILES string of the molecule is [C-]#[N+]c1c(N=Nc2c(-c3ccccc3C(=O)O)[nH]n3nc(C(C)CNC(=O)CCC)nc23)sc(C#N)c1C.[Y]. The molecule has 0 spiro atoms. The van der Waals surface area contributed by atoms with Gasteiger partial charge in [0, 0.05) is 57.2 Å². The van der Waals surface area contributed by atoms with E-state index in [0.29, 0.717) is 46.1 Å². The number of amides is 1. The van der Waals surface area contributed by atoms with Gasteiger partial charge in [-0.1, -0.05) is 32.0 Å². The van der Waals surface area contributed by atoms with Crippen LogP contribution in [0.3, 0.4) is 0 Å². The zero-order chi connectivity index (χ0) is 27.4. The van der Waals surface area contributed by atoms with Crippen molar-refractivity contribution in [2.45, 2.75) is 39.5 Å². The summed E-state index contributed by atoms with van der Waals surface area (Å²) in [5, 5.41) is 38.4. The standard InChI is InChI=1S/C25H23N9O3S.Y/c1-5-8-18(35)28-12-13(2)22-29-23-21(30-31-24-19(27-4)14(3)17(11-26)38-24)20(32-34(23)33-22)15-9-6-7-10-16(15)25(36)37;/h6-7,9-10,13,32H,5,8,12H2,1-3H3,(H,28,35)(H,36,37);. The van der Waals surface area contributed by atoms with E-state index in [-0.39, 0.29) is 66.5 Å². The summed E-state index contributed by atoms with van der Waals surface area (Å²) >= 11 is 1.05. The number of thiophene rings is 1. The van der Waals surface area contributed by atoms with Crippen LogP contribution < -0.4 is 5.32 Å². The van der Waals surface area contributed by atoms with Gasteiger partial charge in [-0.25, -0.2) is 14.6 Å². The molecule has 0 aliphatic carbocycles. The van der Waals surface area contributed by atoms with Crippen LogP contribution in [0, 0.1) is 24.8 Å². The van der Waals surface area contributed by atoms with E-state index in [9.17, 15) is 20.0 Å². The fourth-order valence-corrected chi connectivity index (χ4v) is 4.64. The summed E-state index contributed by atoms with van der Waals surface area (Å²) in [6.07, 6.45) is 1.18. The van der Waals surface area contributed by atoms with Gasteiger partial charge in [0.15, 0.2) is 11.5 Å². The fourth-order valence-electron chi connectivity index (χ4n) is 3.77. The van der Waals surface area contributed by atoms with E-state index in [1.54, 1.807) is 25.1 Å². The molecule has 1 aromatic carbocycles. The van der Waals surface area contributed by atoms with Crippen molar-refractivity contribution in [3.05, 3.63) is 57.5 Å². The number of nitriles is 1. The summed E-state index contributed by atoms with van der Waals surface area (Å²) in [5.41, 5.74) is 2.00. The van der Waals surface area contributed by atoms with Crippen LogP contribution in [0.5, 0.6) is 0 Å². The number of hydrogen-bond acceptors (Lipinski definition) is 8. The molecule has 4 aromatic rings. The maximum atomic E-state index is 11.9. The van der Waals surface area contributed by atoms with Crippen LogP contribution in [0.2, 0.25) is 0 Å². The molecule has 0 fully saturated rings. The number of aromatic amines is 1. The van der Waals surface area contributed by atoms with E-state index in [1.807, 2.05) is 13.8 Å². The molecule has 0 saturated heterocycles. The van der Waals surface area contributed by atoms with Gasteiger partial charge in [0.1, 0.15) is 11.1 Å². The zero-order valence-electron chi connectivity index (χ0n) is 21.4. The Balaban J connectivity index is 0.00000420. The monoisotopic (exact) mass is 618 g/mol. The minimum atomic E-state index is -1.12. The first kappa shape index (κ1) is 29.8. The molecule has 1 unspecified atom stereocenters. The molecule has 0 aliphatic rings. The molecule has 12 nitrogen and oxygen atoms in total. The van der Waals surface area contributed by atoms with Crippen molar-refractivity contribution in [2.24, 2.45) is 10.2 Å². The van der Waals surface area contributed by atoms with Crippen molar-refractivity contribution in [1.29, 1.82) is 5.26 Å². The molecule has 0 saturated carbocycles. The topological polar surface area (TPSA) is 165 Å². The van der Waals surface area contributed by atoms with Crippen LogP contribution in [0.15, 0.2) is 34.5 Å². The Hall–Kier alpha value is -3.78. The Morgan fingerprint density at radius 3 is 2.77 bits per heavy atom. The molecule has 1 atom stereocenters. The van der Waals surface area contributed by atoms with Crippen LogP contribution >= 0.6 is 11.3 Å². The second kappa shape index (κ2) is 12.8. The predicted molar refractivity (Wildman–Crippen MR) is 140 cm³/mol. The van der Waals surface area contributed by atoms with E-state index >= 15 is 0 Å². The van der Waals surface area contributed by atoms with E-state index in [2.05, 4.69) is 41.6 Å². The molecule has 1 radical (unpaired) electrons. The number of H-pyrrole nitrogens is 1. The average Bonchev–Trinajstić information content (AvgIpc) is 3.56. The van der Waals surface area contributed by atoms with Crippen molar-refractivity contribution in [3.8, 4) is 17.3 Å². The minimum absolute atomic E-state index is 0. The van der Waals surface area contributed by atoms with Gasteiger partial charge >= 0.3 is 5.97 Å². The van der Waals surface area contributed by atoms with E-state index in [0.717, 1.165) is 17.8 Å². The molecule has 4 rings (SSSR count). The van der Waals surface area contributed by atoms with Gasteiger partial charge in [-0.3, -0.25) is 9.89 Å². The quantitative estimate of drug-likeness (QED) is 0.162. The van der Waals surface area contributed by atoms with Crippen LogP contribution in [0.4, 0.5) is 16.4 Å². The number of carbonyl (C=O) groups excluding carboxylic acids is 1. The average molecular weight is 618 g/mol. The molecule has 39 heavy (non-hydrogen) atoms. The number of carboxylic acid groups (broad SMARTS) is 1. The Kier molecular flexibility index (Phi) is 9.81. The summed E-state index contributed by atoms with van der Waals surface area (Å²) in [5.74, 6) is -0.938. The van der Waals surface area contributed by atoms with Crippen LogP contribution in [0.1, 0.15) is 59.2 Å². The van der Waals surface area contributed by atoms with Gasteiger partial charge in [0.25, 0.3) is 0 Å². The normalized spacial score (nSPS) is 11.6. The van der Waals surface area contributed by atoms with Gasteiger partial charge in [0.2, 0.25) is 17.2 Å². The molecule has 0 aliphatic heterocycles. The van der Waals surface area contributed by atoms with Gasteiger partial charge in [-0.15, -0.1) is 21.5 Å². The Morgan fingerprint density at radius 2 is 2.10 bits per heavy atom. The number of nitrogens with zero attached hydrogens (tertiary/aromatic N) is 7. The Labute approximate surface area is 252 Å². The fraction of sp³-hybridized carbons (Fsp3) is 0.280. The number of fused-ring (bicyclic) bond motifs is 1. The first-order valence-corrected chi connectivity index (χ1v) is 12.5. The Morgan fingerprint density at radius 1 is 1.36 bits per heavy atom. The first-order chi connectivity index (χ1) is 18.3. The first-order valence-electron chi connectivity index (χ1n) is 11.7. The number of hydrogen-bond donors (Lipinski definition) is 3. The number of aromatic nitrogens is 4. The van der Waals surface area contributed by atoms with E-state index in [1.165, 1.54) is 10.7 Å². The number of azo groups is 1. The van der Waals surface area contributed by atoms with Crippen molar-refractivity contribution in [2.75, 3.05) is 6.54 Å². The summed E-state index contributed by atoms with van der Waals surface area (Å²) in [4.78, 5) is 32.3. The molecule has 3 heterocycles. The van der Waals surface area contributed by atoms with E-state index < -0.39 is 5.97 Å². The number of aromatic carboxylic acids is 1. The maximum absolute atomic E-state index is 11.9. The third-order valence-electron chi connectivity index (χ3n) is 5.79. The number of rotatable bonds is 9. The van der Waals surface area contributed by atoms with Gasteiger partial charge in [-0.05, 0) is 25.0 Å². The second-order valence-corrected chi connectivity index (χ2v) is 9.48. The number of carboxylic acids is 1. The van der Waals surface area contributed by atoms with Gasteiger partial charge < -0.3 is 10.4 Å². The summed E-state index contributed by atoms with van der Waals surface area (Å²) in [7, 11) is 0. The van der Waals surface area contributed by atoms with Crippen molar-refractivity contribution >= 4 is 45.2 Å². The molecule has 3 N–H and O–H groups in total. The largest absolute Gasteiger partial charge is 0.478 e. The molecule has 0 bridgehead atoms. The molecule has 1 amide bonds. The third-order valence-corrected chi connectivity index (χ3v) is 6.86. The molecule has 3 aromatic heterocycles. The van der Waals surface area contributed by atoms with Crippen LogP contribution in [-0.2, 0) is 37.5 Å². The molecule has 195 valence electrons. The Bertz CT molecular complexity index is 1660. The second-order valence-electron chi connectivity index (χ2n) is 8.48.